The molecule has 2 N–H and O–H groups in total. The van der Waals surface area contributed by atoms with E-state index in [0.29, 0.717) is 0 Å². The number of aromatic nitrogens is 2. The number of phenolic OH excluding ortho intramolecular Hbond substituents is 1. The summed E-state index contributed by atoms with van der Waals surface area (Å²) in [5.41, 5.74) is 3.20. The van der Waals surface area contributed by atoms with Gasteiger partial charge in [0.15, 0.2) is 0 Å². The largest absolute Gasteiger partial charge is 0.508 e. The molecule has 0 bridgehead atoms. The summed E-state index contributed by atoms with van der Waals surface area (Å²) in [4.78, 5) is 0. The zero-order valence-corrected chi connectivity index (χ0v) is 11.8. The summed E-state index contributed by atoms with van der Waals surface area (Å²) in [6, 6.07) is 17.5. The molecular formula is C17H17N3O. The van der Waals surface area contributed by atoms with E-state index in [0.717, 1.165) is 16.8 Å². The zero-order valence-electron chi connectivity index (χ0n) is 11.8. The van der Waals surface area contributed by atoms with Gasteiger partial charge in [-0.15, -0.1) is 0 Å². The molecule has 3 aromatic rings. The molecular weight excluding hydrogens is 262 g/mol. The van der Waals surface area contributed by atoms with Crippen LogP contribution in [-0.2, 0) is 7.05 Å². The number of rotatable bonds is 4. The van der Waals surface area contributed by atoms with Gasteiger partial charge in [-0.3, -0.25) is 4.68 Å². The molecule has 4 heteroatoms. The molecule has 106 valence electrons. The molecule has 0 aliphatic rings. The molecule has 2 aromatic carbocycles. The van der Waals surface area contributed by atoms with E-state index >= 15 is 0 Å². The molecule has 0 saturated carbocycles. The number of nitrogens with one attached hydrogen (secondary N) is 1. The van der Waals surface area contributed by atoms with E-state index in [1.54, 1.807) is 23.0 Å². The Morgan fingerprint density at radius 1 is 1.00 bits per heavy atom. The molecule has 0 radical (unpaired) electrons. The summed E-state index contributed by atoms with van der Waals surface area (Å²) >= 11 is 0. The Morgan fingerprint density at radius 2 is 1.67 bits per heavy atom. The molecule has 1 heterocycles. The van der Waals surface area contributed by atoms with Crippen molar-refractivity contribution in [3.05, 3.63) is 78.1 Å². The molecule has 0 aliphatic heterocycles. The predicted molar refractivity (Wildman–Crippen MR) is 83.2 cm³/mol. The Kier molecular flexibility index (Phi) is 3.60. The second-order valence-electron chi connectivity index (χ2n) is 4.98. The van der Waals surface area contributed by atoms with E-state index in [9.17, 15) is 5.11 Å². The van der Waals surface area contributed by atoms with Crippen LogP contribution in [0.1, 0.15) is 17.2 Å². The Hall–Kier alpha value is -2.75. The maximum Gasteiger partial charge on any atom is 0.115 e. The number of hydrogen-bond acceptors (Lipinski definition) is 3. The molecule has 3 rings (SSSR count). The molecule has 0 saturated heterocycles. The highest BCUT2D eigenvalue weighted by Gasteiger charge is 2.14. The van der Waals surface area contributed by atoms with Crippen molar-refractivity contribution < 1.29 is 5.11 Å². The van der Waals surface area contributed by atoms with Gasteiger partial charge in [0.2, 0.25) is 0 Å². The Bertz CT molecular complexity index is 704. The summed E-state index contributed by atoms with van der Waals surface area (Å²) < 4.78 is 1.77. The SMILES string of the molecule is Cn1cc(N[C@@H](c2ccccc2)c2ccc(O)cc2)cn1. The highest BCUT2D eigenvalue weighted by Crippen LogP contribution is 2.27. The minimum Gasteiger partial charge on any atom is -0.508 e. The van der Waals surface area contributed by atoms with Gasteiger partial charge in [0.25, 0.3) is 0 Å². The zero-order chi connectivity index (χ0) is 14.7. The predicted octanol–water partition coefficient (Wildman–Crippen LogP) is 3.33. The van der Waals surface area contributed by atoms with Gasteiger partial charge in [-0.05, 0) is 23.3 Å². The second kappa shape index (κ2) is 5.71. The van der Waals surface area contributed by atoms with Crippen molar-refractivity contribution in [2.45, 2.75) is 6.04 Å². The fraction of sp³-hybridized carbons (Fsp3) is 0.118. The number of hydrogen-bond donors (Lipinski definition) is 2. The third-order valence-electron chi connectivity index (χ3n) is 3.38. The molecule has 0 unspecified atom stereocenters. The quantitative estimate of drug-likeness (QED) is 0.770. The van der Waals surface area contributed by atoms with Crippen molar-refractivity contribution in [1.82, 2.24) is 9.78 Å². The van der Waals surface area contributed by atoms with Crippen molar-refractivity contribution in [3.63, 3.8) is 0 Å². The average molecular weight is 279 g/mol. The van der Waals surface area contributed by atoms with E-state index in [2.05, 4.69) is 22.5 Å². The van der Waals surface area contributed by atoms with E-state index in [4.69, 9.17) is 0 Å². The lowest BCUT2D eigenvalue weighted by Crippen LogP contribution is -2.11. The van der Waals surface area contributed by atoms with Crippen LogP contribution in [0.4, 0.5) is 5.69 Å². The van der Waals surface area contributed by atoms with E-state index in [1.165, 1.54) is 0 Å². The summed E-state index contributed by atoms with van der Waals surface area (Å²) in [6.07, 6.45) is 3.74. The third-order valence-corrected chi connectivity index (χ3v) is 3.38. The number of benzene rings is 2. The molecule has 0 amide bonds. The lowest BCUT2D eigenvalue weighted by atomic mass is 9.98. The first-order valence-electron chi connectivity index (χ1n) is 6.81. The Morgan fingerprint density at radius 3 is 2.29 bits per heavy atom. The summed E-state index contributed by atoms with van der Waals surface area (Å²) in [5, 5.41) is 17.1. The fourth-order valence-electron chi connectivity index (χ4n) is 2.33. The minimum atomic E-state index is 0.0102. The van der Waals surface area contributed by atoms with Crippen LogP contribution in [0, 0.1) is 0 Å². The maximum absolute atomic E-state index is 9.47. The lowest BCUT2D eigenvalue weighted by Gasteiger charge is -2.20. The van der Waals surface area contributed by atoms with Crippen LogP contribution in [-0.4, -0.2) is 14.9 Å². The first kappa shape index (κ1) is 13.2. The smallest absolute Gasteiger partial charge is 0.115 e. The summed E-state index contributed by atoms with van der Waals surface area (Å²) in [5.74, 6) is 0.270. The van der Waals surface area contributed by atoms with Crippen molar-refractivity contribution in [1.29, 1.82) is 0 Å². The second-order valence-corrected chi connectivity index (χ2v) is 4.98. The van der Waals surface area contributed by atoms with Gasteiger partial charge in [-0.2, -0.15) is 5.10 Å². The Balaban J connectivity index is 1.96. The van der Waals surface area contributed by atoms with Gasteiger partial charge in [-0.1, -0.05) is 42.5 Å². The van der Waals surface area contributed by atoms with Crippen LogP contribution in [0.5, 0.6) is 5.75 Å². The van der Waals surface area contributed by atoms with E-state index < -0.39 is 0 Å². The lowest BCUT2D eigenvalue weighted by molar-refractivity contribution is 0.475. The minimum absolute atomic E-state index is 0.0102. The highest BCUT2D eigenvalue weighted by molar-refractivity contribution is 5.47. The summed E-state index contributed by atoms with van der Waals surface area (Å²) in [7, 11) is 1.89. The van der Waals surface area contributed by atoms with Gasteiger partial charge >= 0.3 is 0 Å². The first-order chi connectivity index (χ1) is 10.2. The van der Waals surface area contributed by atoms with E-state index in [1.807, 2.05) is 43.6 Å². The Labute approximate surface area is 123 Å². The monoisotopic (exact) mass is 279 g/mol. The van der Waals surface area contributed by atoms with Gasteiger partial charge < -0.3 is 10.4 Å². The molecule has 4 nitrogen and oxygen atoms in total. The van der Waals surface area contributed by atoms with Crippen molar-refractivity contribution >= 4 is 5.69 Å². The average Bonchev–Trinajstić information content (AvgIpc) is 2.92. The fourth-order valence-corrected chi connectivity index (χ4v) is 2.33. The molecule has 1 aromatic heterocycles. The number of phenols is 1. The number of aryl methyl sites for hydroxylation is 1. The summed E-state index contributed by atoms with van der Waals surface area (Å²) in [6.45, 7) is 0. The highest BCUT2D eigenvalue weighted by atomic mass is 16.3. The van der Waals surface area contributed by atoms with Crippen LogP contribution in [0.2, 0.25) is 0 Å². The van der Waals surface area contributed by atoms with Crippen LogP contribution in [0.3, 0.4) is 0 Å². The molecule has 0 spiro atoms. The van der Waals surface area contributed by atoms with Gasteiger partial charge in [-0.25, -0.2) is 0 Å². The normalized spacial score (nSPS) is 12.0. The standard InChI is InChI=1S/C17H17N3O/c1-20-12-15(11-18-20)19-17(13-5-3-2-4-6-13)14-7-9-16(21)10-8-14/h2-12,17,19,21H,1H3/t17-/m0/s1. The molecule has 0 fully saturated rings. The van der Waals surface area contributed by atoms with Crippen LogP contribution < -0.4 is 5.32 Å². The number of nitrogens with zero attached hydrogens (tertiary/aromatic N) is 2. The van der Waals surface area contributed by atoms with Crippen LogP contribution in [0.15, 0.2) is 67.0 Å². The van der Waals surface area contributed by atoms with Crippen LogP contribution in [0.25, 0.3) is 0 Å². The van der Waals surface area contributed by atoms with Gasteiger partial charge in [0.05, 0.1) is 17.9 Å². The topological polar surface area (TPSA) is 50.1 Å². The first-order valence-corrected chi connectivity index (χ1v) is 6.81. The molecule has 21 heavy (non-hydrogen) atoms. The molecule has 0 aliphatic carbocycles. The molecule has 1 atom stereocenters. The van der Waals surface area contributed by atoms with E-state index in [-0.39, 0.29) is 11.8 Å². The number of aromatic hydroxyl groups is 1. The van der Waals surface area contributed by atoms with Crippen molar-refractivity contribution in [2.75, 3.05) is 5.32 Å². The third kappa shape index (κ3) is 3.05. The van der Waals surface area contributed by atoms with Gasteiger partial charge in [0, 0.05) is 13.2 Å². The number of anilines is 1. The van der Waals surface area contributed by atoms with Crippen molar-refractivity contribution in [2.24, 2.45) is 7.05 Å². The van der Waals surface area contributed by atoms with Gasteiger partial charge in [0.1, 0.15) is 5.75 Å². The van der Waals surface area contributed by atoms with Crippen LogP contribution >= 0.6 is 0 Å². The maximum atomic E-state index is 9.47. The van der Waals surface area contributed by atoms with Crippen molar-refractivity contribution in [3.8, 4) is 5.75 Å².